The van der Waals surface area contributed by atoms with E-state index in [9.17, 15) is 14.7 Å². The van der Waals surface area contributed by atoms with Crippen LogP contribution in [-0.4, -0.2) is 34.2 Å². The Morgan fingerprint density at radius 1 is 1.29 bits per heavy atom. The number of ether oxygens (including phenoxy) is 1. The van der Waals surface area contributed by atoms with E-state index in [1.165, 1.54) is 16.7 Å². The molecule has 1 amide bonds. The van der Waals surface area contributed by atoms with Gasteiger partial charge in [0.05, 0.1) is 11.5 Å². The van der Waals surface area contributed by atoms with Crippen LogP contribution in [0.3, 0.4) is 0 Å². The number of carbonyl (C=O) groups excluding carboxylic acids is 2. The topological polar surface area (TPSA) is 69.7 Å². The van der Waals surface area contributed by atoms with Gasteiger partial charge in [-0.05, 0) is 29.3 Å². The molecule has 5 nitrogen and oxygen atoms in total. The summed E-state index contributed by atoms with van der Waals surface area (Å²) >= 11 is 6.43. The maximum atomic E-state index is 12.7. The Morgan fingerprint density at radius 3 is 2.82 bits per heavy atom. The van der Waals surface area contributed by atoms with Crippen molar-refractivity contribution >= 4 is 57.0 Å². The van der Waals surface area contributed by atoms with Crippen molar-refractivity contribution in [2.24, 2.45) is 0 Å². The Bertz CT molecular complexity index is 955. The van der Waals surface area contributed by atoms with Gasteiger partial charge in [0.1, 0.15) is 10.1 Å². The molecule has 2 aromatic rings. The summed E-state index contributed by atoms with van der Waals surface area (Å²) in [4.78, 5) is 25.2. The van der Waals surface area contributed by atoms with Gasteiger partial charge in [-0.25, -0.2) is 0 Å². The van der Waals surface area contributed by atoms with Gasteiger partial charge in [-0.15, -0.1) is 0 Å². The van der Waals surface area contributed by atoms with Gasteiger partial charge in [-0.2, -0.15) is 0 Å². The van der Waals surface area contributed by atoms with Crippen molar-refractivity contribution in [3.05, 3.63) is 46.9 Å². The molecule has 0 N–H and O–H groups in total. The first kappa shape index (κ1) is 20.4. The third-order valence-corrected chi connectivity index (χ3v) is 5.75. The van der Waals surface area contributed by atoms with Crippen LogP contribution in [0.4, 0.5) is 0 Å². The highest BCUT2D eigenvalue weighted by Crippen LogP contribution is 2.37. The number of rotatable bonds is 8. The number of carbonyl (C=O) groups is 2. The number of nitrogens with zero attached hydrogens (tertiary/aromatic N) is 1. The van der Waals surface area contributed by atoms with Crippen molar-refractivity contribution in [2.45, 2.75) is 26.2 Å². The highest BCUT2D eigenvalue weighted by Gasteiger charge is 2.32. The predicted octanol–water partition coefficient (Wildman–Crippen LogP) is 3.36. The van der Waals surface area contributed by atoms with Gasteiger partial charge in [0.2, 0.25) is 0 Å². The lowest BCUT2D eigenvalue weighted by atomic mass is 10.0. The molecule has 0 aromatic heterocycles. The minimum Gasteiger partial charge on any atom is -0.550 e. The first-order valence-electron chi connectivity index (χ1n) is 9.11. The second-order valence-corrected chi connectivity index (χ2v) is 8.03. The molecule has 2 aromatic carbocycles. The molecule has 1 saturated heterocycles. The molecule has 7 heteroatoms. The molecule has 0 atom stereocenters. The second kappa shape index (κ2) is 9.21. The molecular weight excluding hydrogens is 394 g/mol. The summed E-state index contributed by atoms with van der Waals surface area (Å²) in [5.41, 5.74) is 0.828. The van der Waals surface area contributed by atoms with Crippen LogP contribution in [0.15, 0.2) is 41.3 Å². The molecule has 0 unspecified atom stereocenters. The number of hydrogen-bond acceptors (Lipinski definition) is 6. The fourth-order valence-electron chi connectivity index (χ4n) is 2.90. The molecule has 0 radical (unpaired) electrons. The lowest BCUT2D eigenvalue weighted by Gasteiger charge is -2.14. The Balaban J connectivity index is 1.97. The van der Waals surface area contributed by atoms with Crippen LogP contribution in [0.2, 0.25) is 0 Å². The number of carboxylic acid groups (broad SMARTS) is 1. The minimum atomic E-state index is -1.21. The molecule has 0 spiro atoms. The third kappa shape index (κ3) is 4.54. The van der Waals surface area contributed by atoms with Gasteiger partial charge in [0.15, 0.2) is 0 Å². The Labute approximate surface area is 173 Å². The molecule has 1 aliphatic rings. The zero-order valence-corrected chi connectivity index (χ0v) is 17.1. The molecule has 0 aliphatic carbocycles. The average molecular weight is 415 g/mol. The Hall–Kier alpha value is -2.38. The van der Waals surface area contributed by atoms with Crippen molar-refractivity contribution in [3.8, 4) is 5.75 Å². The molecule has 1 aliphatic heterocycles. The third-order valence-electron chi connectivity index (χ3n) is 4.37. The molecule has 1 heterocycles. The van der Waals surface area contributed by atoms with Crippen LogP contribution in [-0.2, 0) is 9.59 Å². The van der Waals surface area contributed by atoms with Gasteiger partial charge >= 0.3 is 0 Å². The molecule has 3 rings (SSSR count). The number of thiocarbonyl (C=S) groups is 1. The van der Waals surface area contributed by atoms with E-state index in [0.717, 1.165) is 29.2 Å². The highest BCUT2D eigenvalue weighted by atomic mass is 32.2. The highest BCUT2D eigenvalue weighted by molar-refractivity contribution is 8.26. The van der Waals surface area contributed by atoms with E-state index in [2.05, 4.69) is 6.92 Å². The summed E-state index contributed by atoms with van der Waals surface area (Å²) in [7, 11) is 0. The maximum absolute atomic E-state index is 12.7. The smallest absolute Gasteiger partial charge is 0.266 e. The number of fused-ring (bicyclic) bond motifs is 1. The summed E-state index contributed by atoms with van der Waals surface area (Å²) in [6, 6.07) is 11.8. The summed E-state index contributed by atoms with van der Waals surface area (Å²) in [5, 5.41) is 12.8. The lowest BCUT2D eigenvalue weighted by molar-refractivity contribution is -0.305. The van der Waals surface area contributed by atoms with Crippen molar-refractivity contribution in [1.29, 1.82) is 0 Å². The fourth-order valence-corrected chi connectivity index (χ4v) is 4.19. The van der Waals surface area contributed by atoms with Crippen LogP contribution in [0.25, 0.3) is 16.8 Å². The van der Waals surface area contributed by atoms with Gasteiger partial charge in [0, 0.05) is 24.5 Å². The van der Waals surface area contributed by atoms with Crippen molar-refractivity contribution < 1.29 is 19.4 Å². The van der Waals surface area contributed by atoms with Crippen molar-refractivity contribution in [1.82, 2.24) is 4.90 Å². The normalized spacial score (nSPS) is 15.6. The standard InChI is InChI=1S/C21H21NO4S2/c1-2-3-12-26-17-9-8-14-6-4-5-7-15(14)16(17)13-18-20(25)22(21(27)28-18)11-10-19(23)24/h4-9,13H,2-3,10-12H2,1H3,(H,23,24)/p-1/b18-13-. The SMILES string of the molecule is CCCCOc1ccc2ccccc2c1/C=C1\SC(=S)N(CCC(=O)[O-])C1=O. The Morgan fingerprint density at radius 2 is 2.07 bits per heavy atom. The summed E-state index contributed by atoms with van der Waals surface area (Å²) in [6.07, 6.45) is 3.51. The molecule has 28 heavy (non-hydrogen) atoms. The van der Waals surface area contributed by atoms with Crippen molar-refractivity contribution in [2.75, 3.05) is 13.2 Å². The number of thioether (sulfide) groups is 1. The quantitative estimate of drug-likeness (QED) is 0.375. The maximum Gasteiger partial charge on any atom is 0.266 e. The number of aliphatic carboxylic acids is 1. The number of unbranched alkanes of at least 4 members (excludes halogenated alkanes) is 1. The van der Waals surface area contributed by atoms with Crippen LogP contribution in [0, 0.1) is 0 Å². The van der Waals surface area contributed by atoms with Crippen molar-refractivity contribution in [3.63, 3.8) is 0 Å². The van der Waals surface area contributed by atoms with E-state index in [0.29, 0.717) is 21.6 Å². The summed E-state index contributed by atoms with van der Waals surface area (Å²) in [5.74, 6) is -0.783. The van der Waals surface area contributed by atoms with E-state index >= 15 is 0 Å². The van der Waals surface area contributed by atoms with Crippen LogP contribution >= 0.6 is 24.0 Å². The molecule has 146 valence electrons. The number of amides is 1. The van der Waals surface area contributed by atoms with Gasteiger partial charge in [-0.1, -0.05) is 67.7 Å². The zero-order chi connectivity index (χ0) is 20.1. The molecular formula is C21H20NO4S2-. The largest absolute Gasteiger partial charge is 0.550 e. The van der Waals surface area contributed by atoms with E-state index < -0.39 is 5.97 Å². The molecule has 1 fully saturated rings. The molecule has 0 bridgehead atoms. The van der Waals surface area contributed by atoms with E-state index in [4.69, 9.17) is 17.0 Å². The van der Waals surface area contributed by atoms with E-state index in [-0.39, 0.29) is 18.9 Å². The van der Waals surface area contributed by atoms with Crippen LogP contribution in [0.5, 0.6) is 5.75 Å². The van der Waals surface area contributed by atoms with E-state index in [1.54, 1.807) is 6.08 Å². The van der Waals surface area contributed by atoms with Crippen LogP contribution < -0.4 is 9.84 Å². The zero-order valence-electron chi connectivity index (χ0n) is 15.5. The second-order valence-electron chi connectivity index (χ2n) is 6.36. The summed E-state index contributed by atoms with van der Waals surface area (Å²) < 4.78 is 6.32. The first-order chi connectivity index (χ1) is 13.5. The molecule has 0 saturated carbocycles. The summed E-state index contributed by atoms with van der Waals surface area (Å²) in [6.45, 7) is 2.71. The number of carboxylic acids is 1. The van der Waals surface area contributed by atoms with Gasteiger partial charge in [-0.3, -0.25) is 9.69 Å². The minimum absolute atomic E-state index is 0.0136. The predicted molar refractivity (Wildman–Crippen MR) is 114 cm³/mol. The lowest BCUT2D eigenvalue weighted by Crippen LogP contribution is -2.33. The number of hydrogen-bond donors (Lipinski definition) is 0. The first-order valence-corrected chi connectivity index (χ1v) is 10.3. The van der Waals surface area contributed by atoms with E-state index in [1.807, 2.05) is 36.4 Å². The van der Waals surface area contributed by atoms with Crippen LogP contribution in [0.1, 0.15) is 31.7 Å². The number of benzene rings is 2. The van der Waals surface area contributed by atoms with Gasteiger partial charge in [0.25, 0.3) is 5.91 Å². The average Bonchev–Trinajstić information content (AvgIpc) is 2.94. The van der Waals surface area contributed by atoms with Gasteiger partial charge < -0.3 is 14.6 Å². The monoisotopic (exact) mass is 414 g/mol. The Kier molecular flexibility index (Phi) is 6.70. The fraction of sp³-hybridized carbons (Fsp3) is 0.286.